The van der Waals surface area contributed by atoms with Gasteiger partial charge in [0.25, 0.3) is 5.91 Å². The van der Waals surface area contributed by atoms with E-state index in [4.69, 9.17) is 26.3 Å². The molecule has 1 saturated heterocycles. The average Bonchev–Trinajstić information content (AvgIpc) is 3.06. The number of rotatable bonds is 6. The van der Waals surface area contributed by atoms with Gasteiger partial charge in [0.15, 0.2) is 23.3 Å². The predicted octanol–water partition coefficient (Wildman–Crippen LogP) is 4.60. The standard InChI is InChI=1S/C20H13BrClN3O5S/c1-29-15-7-10(6-13(21)17(15)30-5-4-23)8-16-18(26)25-20(31-16)24-11-2-3-14(22)12(9-11)19(27)28/h2-3,6-9H,5H2,1H3,(H,27,28)(H,24,25,26)/b16-8-. The highest BCUT2D eigenvalue weighted by molar-refractivity contribution is 9.10. The van der Waals surface area contributed by atoms with E-state index < -0.39 is 5.97 Å². The van der Waals surface area contributed by atoms with Crippen LogP contribution in [-0.2, 0) is 4.79 Å². The number of methoxy groups -OCH3 is 1. The maximum Gasteiger partial charge on any atom is 0.337 e. The molecule has 8 nitrogen and oxygen atoms in total. The Bertz CT molecular complexity index is 1180. The van der Waals surface area contributed by atoms with Crippen molar-refractivity contribution in [2.45, 2.75) is 0 Å². The molecule has 2 aromatic carbocycles. The molecule has 1 aliphatic rings. The van der Waals surface area contributed by atoms with Crippen LogP contribution in [0.5, 0.6) is 11.5 Å². The van der Waals surface area contributed by atoms with Gasteiger partial charge in [0.05, 0.1) is 32.8 Å². The molecule has 0 unspecified atom stereocenters. The van der Waals surface area contributed by atoms with Crippen molar-refractivity contribution in [1.29, 1.82) is 5.26 Å². The Balaban J connectivity index is 1.87. The second kappa shape index (κ2) is 9.87. The molecule has 11 heteroatoms. The van der Waals surface area contributed by atoms with E-state index >= 15 is 0 Å². The Labute approximate surface area is 194 Å². The monoisotopic (exact) mass is 521 g/mol. The molecule has 0 aromatic heterocycles. The molecule has 0 aliphatic carbocycles. The number of amidine groups is 1. The quantitative estimate of drug-likeness (QED) is 0.532. The first kappa shape index (κ1) is 22.7. The topological polar surface area (TPSA) is 121 Å². The number of benzene rings is 2. The molecule has 158 valence electrons. The van der Waals surface area contributed by atoms with Gasteiger partial charge in [-0.1, -0.05) is 11.6 Å². The molecule has 1 heterocycles. The molecule has 3 rings (SSSR count). The van der Waals surface area contributed by atoms with Gasteiger partial charge < -0.3 is 19.9 Å². The van der Waals surface area contributed by atoms with E-state index in [0.717, 1.165) is 11.8 Å². The highest BCUT2D eigenvalue weighted by Crippen LogP contribution is 2.38. The van der Waals surface area contributed by atoms with Crippen molar-refractivity contribution in [1.82, 2.24) is 5.32 Å². The van der Waals surface area contributed by atoms with Gasteiger partial charge in [-0.15, -0.1) is 0 Å². The van der Waals surface area contributed by atoms with Crippen LogP contribution in [0.2, 0.25) is 5.02 Å². The molecule has 1 fully saturated rings. The minimum atomic E-state index is -1.17. The number of amides is 1. The van der Waals surface area contributed by atoms with Crippen LogP contribution in [0.4, 0.5) is 5.69 Å². The summed E-state index contributed by atoms with van der Waals surface area (Å²) in [7, 11) is 1.47. The fourth-order valence-electron chi connectivity index (χ4n) is 2.56. The zero-order valence-electron chi connectivity index (χ0n) is 15.8. The van der Waals surface area contributed by atoms with E-state index in [1.165, 1.54) is 19.2 Å². The third-order valence-electron chi connectivity index (χ3n) is 3.89. The molecule has 2 aromatic rings. The first-order valence-corrected chi connectivity index (χ1v) is 10.5. The Morgan fingerprint density at radius 1 is 1.42 bits per heavy atom. The van der Waals surface area contributed by atoms with Gasteiger partial charge >= 0.3 is 5.97 Å². The van der Waals surface area contributed by atoms with Crippen molar-refractivity contribution in [2.24, 2.45) is 4.99 Å². The Morgan fingerprint density at radius 3 is 2.87 bits per heavy atom. The summed E-state index contributed by atoms with van der Waals surface area (Å²) in [6.07, 6.45) is 1.65. The lowest BCUT2D eigenvalue weighted by atomic mass is 10.2. The number of carbonyl (C=O) groups excluding carboxylic acids is 1. The molecule has 0 radical (unpaired) electrons. The number of carboxylic acids is 1. The maximum absolute atomic E-state index is 12.4. The normalized spacial score (nSPS) is 15.6. The van der Waals surface area contributed by atoms with Gasteiger partial charge in [-0.25, -0.2) is 9.79 Å². The predicted molar refractivity (Wildman–Crippen MR) is 121 cm³/mol. The smallest absolute Gasteiger partial charge is 0.337 e. The number of aromatic carboxylic acids is 1. The number of nitrogens with one attached hydrogen (secondary N) is 1. The minimum absolute atomic E-state index is 0.0794. The number of carboxylic acid groups (broad SMARTS) is 1. The van der Waals surface area contributed by atoms with Gasteiger partial charge in [-0.3, -0.25) is 4.79 Å². The van der Waals surface area contributed by atoms with Gasteiger partial charge in [0, 0.05) is 0 Å². The highest BCUT2D eigenvalue weighted by atomic mass is 79.9. The van der Waals surface area contributed by atoms with Crippen LogP contribution in [0, 0.1) is 11.3 Å². The summed E-state index contributed by atoms with van der Waals surface area (Å²) in [4.78, 5) is 28.2. The van der Waals surface area contributed by atoms with Crippen LogP contribution in [0.1, 0.15) is 15.9 Å². The molecule has 0 spiro atoms. The van der Waals surface area contributed by atoms with Gasteiger partial charge in [-0.2, -0.15) is 5.26 Å². The summed E-state index contributed by atoms with van der Waals surface area (Å²) in [5.74, 6) is -0.737. The Kier molecular flexibility index (Phi) is 7.22. The van der Waals surface area contributed by atoms with E-state index in [1.807, 2.05) is 6.07 Å². The molecule has 0 bridgehead atoms. The number of nitrogens with zero attached hydrogens (tertiary/aromatic N) is 2. The number of hydrogen-bond donors (Lipinski definition) is 2. The van der Waals surface area contributed by atoms with E-state index in [1.54, 1.807) is 24.3 Å². The number of thioether (sulfide) groups is 1. The van der Waals surface area contributed by atoms with E-state index in [0.29, 0.717) is 37.3 Å². The van der Waals surface area contributed by atoms with Crippen LogP contribution in [-0.4, -0.2) is 35.9 Å². The molecular formula is C20H13BrClN3O5S. The summed E-state index contributed by atoms with van der Waals surface area (Å²) >= 11 is 10.4. The van der Waals surface area contributed by atoms with Gasteiger partial charge in [0.2, 0.25) is 0 Å². The highest BCUT2D eigenvalue weighted by Gasteiger charge is 2.24. The van der Waals surface area contributed by atoms with Crippen molar-refractivity contribution in [2.75, 3.05) is 13.7 Å². The van der Waals surface area contributed by atoms with Crippen molar-refractivity contribution in [3.05, 3.63) is 55.9 Å². The molecule has 0 saturated carbocycles. The third kappa shape index (κ3) is 5.38. The fraction of sp³-hybridized carbons (Fsp3) is 0.100. The van der Waals surface area contributed by atoms with E-state index in [-0.39, 0.29) is 23.1 Å². The summed E-state index contributed by atoms with van der Waals surface area (Å²) < 4.78 is 11.2. The number of hydrogen-bond acceptors (Lipinski definition) is 7. The average molecular weight is 523 g/mol. The lowest BCUT2D eigenvalue weighted by Crippen LogP contribution is -2.19. The lowest BCUT2D eigenvalue weighted by Gasteiger charge is -2.11. The summed E-state index contributed by atoms with van der Waals surface area (Å²) in [6, 6.07) is 9.60. The number of ether oxygens (including phenoxy) is 2. The number of carbonyl (C=O) groups is 2. The van der Waals surface area contributed by atoms with Crippen LogP contribution in [0.15, 0.2) is 44.7 Å². The first-order chi connectivity index (χ1) is 14.8. The molecule has 2 N–H and O–H groups in total. The fourth-order valence-corrected chi connectivity index (χ4v) is 4.18. The second-order valence-electron chi connectivity index (χ2n) is 5.93. The largest absolute Gasteiger partial charge is 0.493 e. The molecule has 1 amide bonds. The summed E-state index contributed by atoms with van der Waals surface area (Å²) in [5, 5.41) is 20.9. The Hall–Kier alpha value is -3.00. The van der Waals surface area contributed by atoms with Crippen molar-refractivity contribution < 1.29 is 24.2 Å². The zero-order valence-corrected chi connectivity index (χ0v) is 19.0. The Morgan fingerprint density at radius 2 is 2.19 bits per heavy atom. The summed E-state index contributed by atoms with van der Waals surface area (Å²) in [5.41, 5.74) is 0.921. The van der Waals surface area contributed by atoms with Crippen LogP contribution >= 0.6 is 39.3 Å². The molecule has 31 heavy (non-hydrogen) atoms. The van der Waals surface area contributed by atoms with E-state index in [9.17, 15) is 14.7 Å². The van der Waals surface area contributed by atoms with Crippen LogP contribution in [0.25, 0.3) is 6.08 Å². The van der Waals surface area contributed by atoms with E-state index in [2.05, 4.69) is 26.2 Å². The third-order valence-corrected chi connectivity index (χ3v) is 5.72. The van der Waals surface area contributed by atoms with Crippen molar-refractivity contribution in [3.63, 3.8) is 0 Å². The lowest BCUT2D eigenvalue weighted by molar-refractivity contribution is -0.115. The number of halogens is 2. The minimum Gasteiger partial charge on any atom is -0.493 e. The van der Waals surface area contributed by atoms with Gasteiger partial charge in [-0.05, 0) is 69.7 Å². The maximum atomic E-state index is 12.4. The first-order valence-electron chi connectivity index (χ1n) is 8.52. The van der Waals surface area contributed by atoms with Crippen LogP contribution < -0.4 is 14.8 Å². The zero-order chi connectivity index (χ0) is 22.5. The van der Waals surface area contributed by atoms with Gasteiger partial charge in [0.1, 0.15) is 6.07 Å². The number of aliphatic imine (C=N–C) groups is 1. The number of nitriles is 1. The molecule has 0 atom stereocenters. The van der Waals surface area contributed by atoms with Crippen LogP contribution in [0.3, 0.4) is 0 Å². The van der Waals surface area contributed by atoms with Crippen molar-refractivity contribution >= 4 is 68.1 Å². The second-order valence-corrected chi connectivity index (χ2v) is 8.22. The summed E-state index contributed by atoms with van der Waals surface area (Å²) in [6.45, 7) is -0.137. The molecular weight excluding hydrogens is 510 g/mol. The molecule has 1 aliphatic heterocycles. The van der Waals surface area contributed by atoms with Crippen molar-refractivity contribution in [3.8, 4) is 17.6 Å². The SMILES string of the molecule is COc1cc(/C=C2\SC(=Nc3ccc(Cl)c(C(=O)O)c3)NC2=O)cc(Br)c1OCC#N.